The second-order valence-electron chi connectivity index (χ2n) is 3.43. The van der Waals surface area contributed by atoms with Gasteiger partial charge in [0.25, 0.3) is 0 Å². The van der Waals surface area contributed by atoms with Gasteiger partial charge in [-0.05, 0) is 38.5 Å². The highest BCUT2D eigenvalue weighted by atomic mass is 35.5. The van der Waals surface area contributed by atoms with E-state index < -0.39 is 0 Å². The Morgan fingerprint density at radius 1 is 1.21 bits per heavy atom. The number of hydrogen-bond acceptors (Lipinski definition) is 2. The van der Waals surface area contributed by atoms with Crippen LogP contribution in [0.1, 0.15) is 41.8 Å². The van der Waals surface area contributed by atoms with Crippen molar-refractivity contribution in [2.45, 2.75) is 45.4 Å². The lowest BCUT2D eigenvalue weighted by Crippen LogP contribution is -1.99. The molecule has 0 aromatic carbocycles. The second kappa shape index (κ2) is 6.65. The van der Waals surface area contributed by atoms with E-state index in [-0.39, 0.29) is 24.8 Å². The first-order chi connectivity index (χ1) is 5.90. The quantitative estimate of drug-likeness (QED) is 0.781. The largest absolute Gasteiger partial charge is 0.246 e. The molecule has 14 heavy (non-hydrogen) atoms. The Morgan fingerprint density at radius 2 is 1.93 bits per heavy atom. The van der Waals surface area contributed by atoms with Crippen LogP contribution in [0.5, 0.6) is 0 Å². The molecular weight excluding hydrogens is 237 g/mol. The molecule has 0 radical (unpaired) electrons. The van der Waals surface area contributed by atoms with Gasteiger partial charge in [-0.2, -0.15) is 0 Å². The Balaban J connectivity index is 0.000000845. The van der Waals surface area contributed by atoms with Crippen LogP contribution in [0, 0.1) is 0 Å². The minimum atomic E-state index is 0. The van der Waals surface area contributed by atoms with Crippen molar-refractivity contribution in [2.24, 2.45) is 0 Å². The zero-order valence-electron chi connectivity index (χ0n) is 8.41. The summed E-state index contributed by atoms with van der Waals surface area (Å²) in [5.74, 6) is 0. The SMILES string of the molecule is CCCc1nc2c(s1)CCCC2.Cl.Cl. The van der Waals surface area contributed by atoms with Crippen molar-refractivity contribution in [3.8, 4) is 0 Å². The molecule has 0 amide bonds. The van der Waals surface area contributed by atoms with Gasteiger partial charge in [-0.25, -0.2) is 4.98 Å². The summed E-state index contributed by atoms with van der Waals surface area (Å²) < 4.78 is 0. The second-order valence-corrected chi connectivity index (χ2v) is 4.60. The van der Waals surface area contributed by atoms with Crippen LogP contribution in [0.15, 0.2) is 0 Å². The van der Waals surface area contributed by atoms with Gasteiger partial charge in [0.1, 0.15) is 0 Å². The summed E-state index contributed by atoms with van der Waals surface area (Å²) in [7, 11) is 0. The van der Waals surface area contributed by atoms with Crippen molar-refractivity contribution in [2.75, 3.05) is 0 Å². The number of fused-ring (bicyclic) bond motifs is 1. The number of aryl methyl sites for hydroxylation is 3. The van der Waals surface area contributed by atoms with Gasteiger partial charge in [-0.3, -0.25) is 0 Å². The standard InChI is InChI=1S/C10H15NS.2ClH/c1-2-5-10-11-8-6-3-4-7-9(8)12-10;;/h2-7H2,1H3;2*1H. The molecule has 0 aliphatic heterocycles. The third kappa shape index (κ3) is 3.11. The van der Waals surface area contributed by atoms with Gasteiger partial charge in [-0.1, -0.05) is 6.92 Å². The number of nitrogens with zero attached hydrogens (tertiary/aromatic N) is 1. The molecule has 0 unspecified atom stereocenters. The zero-order chi connectivity index (χ0) is 8.39. The van der Waals surface area contributed by atoms with Crippen LogP contribution >= 0.6 is 36.2 Å². The first-order valence-corrected chi connectivity index (χ1v) is 5.69. The van der Waals surface area contributed by atoms with E-state index in [4.69, 9.17) is 0 Å². The molecule has 1 aromatic rings. The third-order valence-corrected chi connectivity index (χ3v) is 3.57. The van der Waals surface area contributed by atoms with E-state index >= 15 is 0 Å². The average Bonchev–Trinajstić information content (AvgIpc) is 2.47. The number of hydrogen-bond donors (Lipinski definition) is 0. The molecule has 0 saturated heterocycles. The summed E-state index contributed by atoms with van der Waals surface area (Å²) in [5.41, 5.74) is 1.41. The highest BCUT2D eigenvalue weighted by molar-refractivity contribution is 7.11. The summed E-state index contributed by atoms with van der Waals surface area (Å²) in [6.07, 6.45) is 7.65. The molecule has 1 aliphatic rings. The lowest BCUT2D eigenvalue weighted by Gasteiger charge is -2.06. The van der Waals surface area contributed by atoms with E-state index in [0.717, 1.165) is 0 Å². The van der Waals surface area contributed by atoms with Crippen LogP contribution < -0.4 is 0 Å². The van der Waals surface area contributed by atoms with E-state index in [1.54, 1.807) is 4.88 Å². The summed E-state index contributed by atoms with van der Waals surface area (Å²) in [4.78, 5) is 6.23. The molecule has 0 bridgehead atoms. The predicted molar refractivity (Wildman–Crippen MR) is 67.2 cm³/mol. The van der Waals surface area contributed by atoms with Crippen molar-refractivity contribution in [1.82, 2.24) is 4.98 Å². The molecule has 4 heteroatoms. The smallest absolute Gasteiger partial charge is 0.0931 e. The lowest BCUT2D eigenvalue weighted by molar-refractivity contribution is 0.680. The highest BCUT2D eigenvalue weighted by Gasteiger charge is 2.13. The third-order valence-electron chi connectivity index (χ3n) is 2.35. The van der Waals surface area contributed by atoms with Crippen LogP contribution in [-0.4, -0.2) is 4.98 Å². The maximum Gasteiger partial charge on any atom is 0.0931 e. The molecule has 0 spiro atoms. The van der Waals surface area contributed by atoms with Crippen molar-refractivity contribution in [3.63, 3.8) is 0 Å². The van der Waals surface area contributed by atoms with Gasteiger partial charge in [0, 0.05) is 4.88 Å². The van der Waals surface area contributed by atoms with Crippen molar-refractivity contribution in [3.05, 3.63) is 15.6 Å². The molecule has 2 rings (SSSR count). The topological polar surface area (TPSA) is 12.9 Å². The van der Waals surface area contributed by atoms with Crippen LogP contribution in [0.25, 0.3) is 0 Å². The number of thiazole rings is 1. The molecule has 1 aromatic heterocycles. The monoisotopic (exact) mass is 253 g/mol. The van der Waals surface area contributed by atoms with E-state index in [1.807, 2.05) is 11.3 Å². The van der Waals surface area contributed by atoms with Gasteiger partial charge in [0.15, 0.2) is 0 Å². The molecular formula is C10H17Cl2NS. The number of halogens is 2. The maximum atomic E-state index is 4.66. The Labute approximate surface area is 102 Å². The Kier molecular flexibility index (Phi) is 6.75. The maximum absolute atomic E-state index is 4.66. The Bertz CT molecular complexity index is 250. The summed E-state index contributed by atoms with van der Waals surface area (Å²) >= 11 is 1.95. The highest BCUT2D eigenvalue weighted by Crippen LogP contribution is 2.27. The normalized spacial score (nSPS) is 13.8. The van der Waals surface area contributed by atoms with E-state index in [9.17, 15) is 0 Å². The molecule has 1 heterocycles. The van der Waals surface area contributed by atoms with Gasteiger partial charge < -0.3 is 0 Å². The van der Waals surface area contributed by atoms with E-state index in [0.29, 0.717) is 0 Å². The molecule has 0 fully saturated rings. The van der Waals surface area contributed by atoms with Gasteiger partial charge in [0.05, 0.1) is 10.7 Å². The van der Waals surface area contributed by atoms with Crippen LogP contribution in [0.2, 0.25) is 0 Å². The number of rotatable bonds is 2. The zero-order valence-corrected chi connectivity index (χ0v) is 10.9. The van der Waals surface area contributed by atoms with Gasteiger partial charge in [-0.15, -0.1) is 36.2 Å². The predicted octanol–water partition coefficient (Wildman–Crippen LogP) is 3.82. The first kappa shape index (κ1) is 14.2. The van der Waals surface area contributed by atoms with Gasteiger partial charge >= 0.3 is 0 Å². The minimum absolute atomic E-state index is 0. The van der Waals surface area contributed by atoms with Crippen molar-refractivity contribution >= 4 is 36.2 Å². The lowest BCUT2D eigenvalue weighted by atomic mass is 10.0. The molecule has 1 aliphatic carbocycles. The summed E-state index contributed by atoms with van der Waals surface area (Å²) in [6.45, 7) is 2.22. The van der Waals surface area contributed by atoms with Crippen LogP contribution in [0.3, 0.4) is 0 Å². The van der Waals surface area contributed by atoms with Crippen LogP contribution in [-0.2, 0) is 19.3 Å². The first-order valence-electron chi connectivity index (χ1n) is 4.87. The Morgan fingerprint density at radius 3 is 2.57 bits per heavy atom. The fourth-order valence-corrected chi connectivity index (χ4v) is 2.98. The fourth-order valence-electron chi connectivity index (χ4n) is 1.73. The fraction of sp³-hybridized carbons (Fsp3) is 0.700. The van der Waals surface area contributed by atoms with Crippen molar-refractivity contribution in [1.29, 1.82) is 0 Å². The molecule has 82 valence electrons. The molecule has 1 nitrogen and oxygen atoms in total. The van der Waals surface area contributed by atoms with Crippen LogP contribution in [0.4, 0.5) is 0 Å². The summed E-state index contributed by atoms with van der Waals surface area (Å²) in [6, 6.07) is 0. The van der Waals surface area contributed by atoms with Gasteiger partial charge in [0.2, 0.25) is 0 Å². The van der Waals surface area contributed by atoms with E-state index in [2.05, 4.69) is 11.9 Å². The van der Waals surface area contributed by atoms with E-state index in [1.165, 1.54) is 49.2 Å². The van der Waals surface area contributed by atoms with Crippen molar-refractivity contribution < 1.29 is 0 Å². The number of aromatic nitrogens is 1. The molecule has 0 saturated carbocycles. The molecule has 0 atom stereocenters. The summed E-state index contributed by atoms with van der Waals surface area (Å²) in [5, 5.41) is 1.37. The minimum Gasteiger partial charge on any atom is -0.246 e. The Hall–Kier alpha value is 0.210. The molecule has 0 N–H and O–H groups in total. The average molecular weight is 254 g/mol.